The molecule has 0 aliphatic carbocycles. The van der Waals surface area contributed by atoms with E-state index in [9.17, 15) is 4.79 Å². The number of hydrogen-bond donors (Lipinski definition) is 2. The van der Waals surface area contributed by atoms with E-state index in [-0.39, 0.29) is 11.8 Å². The van der Waals surface area contributed by atoms with E-state index in [1.807, 2.05) is 0 Å². The lowest BCUT2D eigenvalue weighted by Crippen LogP contribution is -2.54. The molecule has 0 aromatic heterocycles. The number of hydrogen-bond acceptors (Lipinski definition) is 2. The van der Waals surface area contributed by atoms with E-state index in [0.29, 0.717) is 18.0 Å². The Hall–Kier alpha value is -0.570. The molecule has 0 bridgehead atoms. The lowest BCUT2D eigenvalue weighted by molar-refractivity contribution is -0.125. The van der Waals surface area contributed by atoms with E-state index in [1.165, 1.54) is 19.3 Å². The summed E-state index contributed by atoms with van der Waals surface area (Å²) >= 11 is 0. The van der Waals surface area contributed by atoms with Gasteiger partial charge in [0, 0.05) is 12.1 Å². The number of primary amides is 1. The van der Waals surface area contributed by atoms with Crippen LogP contribution in [0.5, 0.6) is 0 Å². The molecule has 0 aromatic rings. The van der Waals surface area contributed by atoms with Gasteiger partial charge >= 0.3 is 0 Å². The van der Waals surface area contributed by atoms with E-state index < -0.39 is 0 Å². The van der Waals surface area contributed by atoms with Crippen LogP contribution in [0.2, 0.25) is 0 Å². The Morgan fingerprint density at radius 3 is 2.62 bits per heavy atom. The smallest absolute Gasteiger partial charge is 0.222 e. The Morgan fingerprint density at radius 1 is 1.38 bits per heavy atom. The van der Waals surface area contributed by atoms with Crippen molar-refractivity contribution in [3.63, 3.8) is 0 Å². The Bertz CT molecular complexity index is 230. The predicted octanol–water partition coefficient (Wildman–Crippen LogP) is 2.05. The van der Waals surface area contributed by atoms with E-state index in [2.05, 4.69) is 26.1 Å². The molecule has 0 aromatic carbocycles. The molecule has 1 fully saturated rings. The lowest BCUT2D eigenvalue weighted by atomic mass is 9.77. The number of nitrogens with two attached hydrogens (primary N) is 1. The molecule has 3 heteroatoms. The molecule has 1 aliphatic heterocycles. The number of rotatable bonds is 5. The van der Waals surface area contributed by atoms with Gasteiger partial charge in [-0.3, -0.25) is 4.79 Å². The van der Waals surface area contributed by atoms with E-state index >= 15 is 0 Å². The van der Waals surface area contributed by atoms with Crippen LogP contribution in [0.3, 0.4) is 0 Å². The lowest BCUT2D eigenvalue weighted by Gasteiger charge is -2.39. The fourth-order valence-corrected chi connectivity index (χ4v) is 2.99. The topological polar surface area (TPSA) is 55.1 Å². The summed E-state index contributed by atoms with van der Waals surface area (Å²) in [6.45, 7) is 6.55. The van der Waals surface area contributed by atoms with Crippen LogP contribution in [0.15, 0.2) is 0 Å². The minimum Gasteiger partial charge on any atom is -0.369 e. The highest BCUT2D eigenvalue weighted by Gasteiger charge is 2.36. The van der Waals surface area contributed by atoms with Gasteiger partial charge in [0.05, 0.1) is 5.92 Å². The molecule has 1 aliphatic rings. The maximum absolute atomic E-state index is 11.5. The summed E-state index contributed by atoms with van der Waals surface area (Å²) in [5, 5.41) is 3.54. The van der Waals surface area contributed by atoms with Crippen LogP contribution < -0.4 is 11.1 Å². The first-order valence-corrected chi connectivity index (χ1v) is 6.61. The second kappa shape index (κ2) is 6.24. The standard InChI is InChI=1S/C13H26N2O/c1-4-5-6-7-11-12(13(14)16)9(2)8-10(3)15-11/h9-12,15H,4-8H2,1-3H3,(H2,14,16). The highest BCUT2D eigenvalue weighted by Crippen LogP contribution is 2.28. The van der Waals surface area contributed by atoms with Gasteiger partial charge < -0.3 is 11.1 Å². The molecular formula is C13H26N2O. The Morgan fingerprint density at radius 2 is 2.06 bits per heavy atom. The molecule has 0 saturated carbocycles. The van der Waals surface area contributed by atoms with Gasteiger partial charge in [0.1, 0.15) is 0 Å². The largest absolute Gasteiger partial charge is 0.369 e. The van der Waals surface area contributed by atoms with Crippen LogP contribution in [0, 0.1) is 11.8 Å². The number of carbonyl (C=O) groups excluding carboxylic acids is 1. The molecule has 1 rings (SSSR count). The number of amides is 1. The summed E-state index contributed by atoms with van der Waals surface area (Å²) in [7, 11) is 0. The second-order valence-electron chi connectivity index (χ2n) is 5.31. The van der Waals surface area contributed by atoms with Gasteiger partial charge in [-0.15, -0.1) is 0 Å². The summed E-state index contributed by atoms with van der Waals surface area (Å²) < 4.78 is 0. The molecule has 4 unspecified atom stereocenters. The molecule has 4 atom stereocenters. The first kappa shape index (κ1) is 13.5. The monoisotopic (exact) mass is 226 g/mol. The normalized spacial score (nSPS) is 34.9. The molecule has 0 spiro atoms. The fraction of sp³-hybridized carbons (Fsp3) is 0.923. The van der Waals surface area contributed by atoms with Gasteiger partial charge in [-0.25, -0.2) is 0 Å². The van der Waals surface area contributed by atoms with Crippen LogP contribution in [-0.2, 0) is 4.79 Å². The van der Waals surface area contributed by atoms with Crippen molar-refractivity contribution in [3.8, 4) is 0 Å². The predicted molar refractivity (Wildman–Crippen MR) is 67.0 cm³/mol. The average molecular weight is 226 g/mol. The third-order valence-electron chi connectivity index (χ3n) is 3.72. The zero-order valence-corrected chi connectivity index (χ0v) is 10.8. The van der Waals surface area contributed by atoms with Crippen LogP contribution in [-0.4, -0.2) is 18.0 Å². The minimum atomic E-state index is -0.131. The molecule has 1 heterocycles. The van der Waals surface area contributed by atoms with Crippen LogP contribution in [0.1, 0.15) is 52.9 Å². The summed E-state index contributed by atoms with van der Waals surface area (Å²) in [6.07, 6.45) is 5.79. The van der Waals surface area contributed by atoms with Gasteiger partial charge in [0.2, 0.25) is 5.91 Å². The Labute approximate surface area is 99.2 Å². The van der Waals surface area contributed by atoms with Crippen molar-refractivity contribution in [2.24, 2.45) is 17.6 Å². The minimum absolute atomic E-state index is 0.0213. The van der Waals surface area contributed by atoms with E-state index in [0.717, 1.165) is 12.8 Å². The highest BCUT2D eigenvalue weighted by molar-refractivity contribution is 5.77. The second-order valence-corrected chi connectivity index (χ2v) is 5.31. The van der Waals surface area contributed by atoms with E-state index in [1.54, 1.807) is 0 Å². The van der Waals surface area contributed by atoms with Crippen molar-refractivity contribution in [1.82, 2.24) is 5.32 Å². The van der Waals surface area contributed by atoms with Crippen molar-refractivity contribution < 1.29 is 4.79 Å². The zero-order chi connectivity index (χ0) is 12.1. The summed E-state index contributed by atoms with van der Waals surface area (Å²) in [6, 6.07) is 0.806. The molecule has 94 valence electrons. The van der Waals surface area contributed by atoms with Crippen molar-refractivity contribution >= 4 is 5.91 Å². The first-order chi connectivity index (χ1) is 7.56. The van der Waals surface area contributed by atoms with Gasteiger partial charge in [-0.1, -0.05) is 33.1 Å². The summed E-state index contributed by atoms with van der Waals surface area (Å²) in [5.74, 6) is 0.307. The number of piperidine rings is 1. The van der Waals surface area contributed by atoms with Crippen molar-refractivity contribution in [2.75, 3.05) is 0 Å². The van der Waals surface area contributed by atoms with Crippen LogP contribution in [0.4, 0.5) is 0 Å². The van der Waals surface area contributed by atoms with Crippen molar-refractivity contribution in [1.29, 1.82) is 0 Å². The summed E-state index contributed by atoms with van der Waals surface area (Å²) in [4.78, 5) is 11.5. The molecule has 1 amide bonds. The zero-order valence-electron chi connectivity index (χ0n) is 10.8. The van der Waals surface area contributed by atoms with Gasteiger partial charge in [-0.05, 0) is 25.7 Å². The van der Waals surface area contributed by atoms with Crippen molar-refractivity contribution in [3.05, 3.63) is 0 Å². The third-order valence-corrected chi connectivity index (χ3v) is 3.72. The van der Waals surface area contributed by atoms with E-state index in [4.69, 9.17) is 5.73 Å². The fourth-order valence-electron chi connectivity index (χ4n) is 2.99. The number of carbonyl (C=O) groups is 1. The van der Waals surface area contributed by atoms with Crippen molar-refractivity contribution in [2.45, 2.75) is 65.0 Å². The third kappa shape index (κ3) is 3.48. The van der Waals surface area contributed by atoms with Crippen LogP contribution >= 0.6 is 0 Å². The molecule has 0 radical (unpaired) electrons. The van der Waals surface area contributed by atoms with Gasteiger partial charge in [0.25, 0.3) is 0 Å². The molecule has 16 heavy (non-hydrogen) atoms. The number of unbranched alkanes of at least 4 members (excludes halogenated alkanes) is 2. The molecule has 3 N–H and O–H groups in total. The van der Waals surface area contributed by atoms with Crippen LogP contribution in [0.25, 0.3) is 0 Å². The quantitative estimate of drug-likeness (QED) is 0.705. The maximum Gasteiger partial charge on any atom is 0.222 e. The Balaban J connectivity index is 2.56. The summed E-state index contributed by atoms with van der Waals surface area (Å²) in [5.41, 5.74) is 5.52. The first-order valence-electron chi connectivity index (χ1n) is 6.61. The Kier molecular flexibility index (Phi) is 5.26. The number of nitrogens with one attached hydrogen (secondary N) is 1. The molecule has 1 saturated heterocycles. The van der Waals surface area contributed by atoms with Gasteiger partial charge in [0.15, 0.2) is 0 Å². The molecular weight excluding hydrogens is 200 g/mol. The maximum atomic E-state index is 11.5. The average Bonchev–Trinajstić information content (AvgIpc) is 2.16. The SMILES string of the molecule is CCCCCC1NC(C)CC(C)C1C(N)=O. The highest BCUT2D eigenvalue weighted by atomic mass is 16.1. The molecule has 3 nitrogen and oxygen atoms in total. The van der Waals surface area contributed by atoms with Gasteiger partial charge in [-0.2, -0.15) is 0 Å².